The Balaban J connectivity index is 1.41. The topological polar surface area (TPSA) is 88.1 Å². The third-order valence-electron chi connectivity index (χ3n) is 4.88. The van der Waals surface area contributed by atoms with Crippen LogP contribution in [-0.2, 0) is 17.9 Å². The maximum Gasteiger partial charge on any atom is 0.261 e. The van der Waals surface area contributed by atoms with Crippen LogP contribution in [0.2, 0.25) is 0 Å². The summed E-state index contributed by atoms with van der Waals surface area (Å²) in [5.41, 5.74) is 1.91. The Morgan fingerprint density at radius 3 is 2.77 bits per heavy atom. The van der Waals surface area contributed by atoms with Crippen molar-refractivity contribution in [3.05, 3.63) is 65.4 Å². The van der Waals surface area contributed by atoms with Gasteiger partial charge in [0.25, 0.3) is 5.89 Å². The number of fused-ring (bicyclic) bond motifs is 1. The van der Waals surface area contributed by atoms with E-state index in [9.17, 15) is 8.78 Å². The summed E-state index contributed by atoms with van der Waals surface area (Å²) in [4.78, 5) is 4.16. The molecule has 0 bridgehead atoms. The van der Waals surface area contributed by atoms with Gasteiger partial charge in [0.2, 0.25) is 5.82 Å². The van der Waals surface area contributed by atoms with Crippen molar-refractivity contribution in [2.24, 2.45) is 0 Å². The summed E-state index contributed by atoms with van der Waals surface area (Å²) in [5.74, 6) is -0.522. The highest BCUT2D eigenvalue weighted by atomic mass is 19.1. The molecule has 0 amide bonds. The number of hydrogen-bond acceptors (Lipinski definition) is 7. The van der Waals surface area contributed by atoms with Gasteiger partial charge in [-0.3, -0.25) is 0 Å². The second-order valence-electron chi connectivity index (χ2n) is 6.69. The lowest BCUT2D eigenvalue weighted by Crippen LogP contribution is -2.22. The van der Waals surface area contributed by atoms with E-state index in [1.54, 1.807) is 11.8 Å². The molecule has 0 saturated heterocycles. The normalized spacial score (nSPS) is 15.8. The third-order valence-corrected chi connectivity index (χ3v) is 4.88. The zero-order valence-corrected chi connectivity index (χ0v) is 15.7. The first-order chi connectivity index (χ1) is 14.6. The number of methoxy groups -OCH3 is 1. The molecular formula is C20H15F2N5O3. The standard InChI is InChI=1S/C20H15F2N5O3/c1-28-13-5-2-11(3-6-13)17-9-27-16(10-29-17)18(24-26-27)19-23-20(30-25-19)14-8-12(21)4-7-15(14)22/h2-8,17H,9-10H2,1H3/t17-/m0/s1. The van der Waals surface area contributed by atoms with Crippen LogP contribution in [0, 0.1) is 11.6 Å². The van der Waals surface area contributed by atoms with E-state index in [1.165, 1.54) is 0 Å². The lowest BCUT2D eigenvalue weighted by molar-refractivity contribution is -0.00114. The molecule has 0 aliphatic carbocycles. The number of hydrogen-bond donors (Lipinski definition) is 0. The Kier molecular flexibility index (Phi) is 4.47. The summed E-state index contributed by atoms with van der Waals surface area (Å²) in [6.07, 6.45) is -0.194. The predicted molar refractivity (Wildman–Crippen MR) is 99.2 cm³/mol. The van der Waals surface area contributed by atoms with E-state index in [0.29, 0.717) is 17.9 Å². The van der Waals surface area contributed by atoms with E-state index < -0.39 is 11.6 Å². The van der Waals surface area contributed by atoms with Crippen molar-refractivity contribution < 1.29 is 22.8 Å². The first-order valence-electron chi connectivity index (χ1n) is 9.10. The van der Waals surface area contributed by atoms with Crippen molar-refractivity contribution in [1.29, 1.82) is 0 Å². The summed E-state index contributed by atoms with van der Waals surface area (Å²) in [6.45, 7) is 0.690. The average molecular weight is 411 g/mol. The molecule has 1 aliphatic heterocycles. The summed E-state index contributed by atoms with van der Waals surface area (Å²) < 4.78 is 45.4. The molecule has 0 N–H and O–H groups in total. The monoisotopic (exact) mass is 411 g/mol. The SMILES string of the molecule is COc1ccc([C@@H]2Cn3nnc(-c4noc(-c5cc(F)ccc5F)n4)c3CO2)cc1. The largest absolute Gasteiger partial charge is 0.497 e. The molecule has 10 heteroatoms. The molecule has 0 radical (unpaired) electrons. The highest BCUT2D eigenvalue weighted by Gasteiger charge is 2.28. The maximum absolute atomic E-state index is 14.0. The predicted octanol–water partition coefficient (Wildman–Crippen LogP) is 3.55. The molecule has 2 aromatic carbocycles. The van der Waals surface area contributed by atoms with Crippen molar-refractivity contribution in [3.63, 3.8) is 0 Å². The van der Waals surface area contributed by atoms with E-state index >= 15 is 0 Å². The van der Waals surface area contributed by atoms with Crippen LogP contribution in [0.3, 0.4) is 0 Å². The average Bonchev–Trinajstić information content (AvgIpc) is 3.42. The number of aromatic nitrogens is 5. The molecule has 152 valence electrons. The number of nitrogens with zero attached hydrogens (tertiary/aromatic N) is 5. The minimum Gasteiger partial charge on any atom is -0.497 e. The van der Waals surface area contributed by atoms with Crippen LogP contribution in [-0.4, -0.2) is 32.2 Å². The van der Waals surface area contributed by atoms with E-state index in [1.807, 2.05) is 24.3 Å². The zero-order chi connectivity index (χ0) is 20.7. The van der Waals surface area contributed by atoms with E-state index in [0.717, 1.165) is 29.5 Å². The second kappa shape index (κ2) is 7.30. The smallest absolute Gasteiger partial charge is 0.261 e. The summed E-state index contributed by atoms with van der Waals surface area (Å²) >= 11 is 0. The van der Waals surface area contributed by atoms with Gasteiger partial charge in [0, 0.05) is 0 Å². The van der Waals surface area contributed by atoms with Crippen molar-refractivity contribution >= 4 is 0 Å². The molecular weight excluding hydrogens is 396 g/mol. The van der Waals surface area contributed by atoms with Crippen LogP contribution in [0.15, 0.2) is 47.0 Å². The lowest BCUT2D eigenvalue weighted by Gasteiger charge is -2.24. The molecule has 0 saturated carbocycles. The molecule has 0 fully saturated rings. The van der Waals surface area contributed by atoms with Crippen molar-refractivity contribution in [1.82, 2.24) is 25.1 Å². The summed E-state index contributed by atoms with van der Waals surface area (Å²) in [7, 11) is 1.61. The van der Waals surface area contributed by atoms with E-state index in [2.05, 4.69) is 20.5 Å². The Morgan fingerprint density at radius 2 is 1.97 bits per heavy atom. The van der Waals surface area contributed by atoms with Crippen molar-refractivity contribution in [2.75, 3.05) is 7.11 Å². The van der Waals surface area contributed by atoms with Gasteiger partial charge in [-0.05, 0) is 35.9 Å². The Morgan fingerprint density at radius 1 is 1.13 bits per heavy atom. The van der Waals surface area contributed by atoms with Gasteiger partial charge in [-0.1, -0.05) is 22.5 Å². The quantitative estimate of drug-likeness (QED) is 0.507. The number of halogens is 2. The van der Waals surface area contributed by atoms with Gasteiger partial charge < -0.3 is 14.0 Å². The van der Waals surface area contributed by atoms with Crippen LogP contribution in [0.1, 0.15) is 17.4 Å². The Labute approximate surface area is 169 Å². The van der Waals surface area contributed by atoms with Crippen LogP contribution in [0.4, 0.5) is 8.78 Å². The molecule has 30 heavy (non-hydrogen) atoms. The van der Waals surface area contributed by atoms with Gasteiger partial charge in [-0.2, -0.15) is 4.98 Å². The Bertz CT molecular complexity index is 1210. The van der Waals surface area contributed by atoms with Gasteiger partial charge in [0.05, 0.1) is 31.5 Å². The van der Waals surface area contributed by atoms with Crippen LogP contribution in [0.5, 0.6) is 5.75 Å². The summed E-state index contributed by atoms with van der Waals surface area (Å²) in [6, 6.07) is 10.6. The highest BCUT2D eigenvalue weighted by molar-refractivity contribution is 5.59. The first-order valence-corrected chi connectivity index (χ1v) is 9.10. The van der Waals surface area contributed by atoms with Gasteiger partial charge in [-0.25, -0.2) is 13.5 Å². The molecule has 8 nitrogen and oxygen atoms in total. The van der Waals surface area contributed by atoms with Gasteiger partial charge in [-0.15, -0.1) is 5.10 Å². The fourth-order valence-electron chi connectivity index (χ4n) is 3.30. The Hall–Kier alpha value is -3.66. The van der Waals surface area contributed by atoms with Gasteiger partial charge in [0.15, 0.2) is 5.69 Å². The summed E-state index contributed by atoms with van der Waals surface area (Å²) in [5, 5.41) is 12.1. The van der Waals surface area contributed by atoms with Crippen LogP contribution in [0.25, 0.3) is 23.0 Å². The number of benzene rings is 2. The molecule has 2 aromatic heterocycles. The first kappa shape index (κ1) is 18.4. The molecule has 1 atom stereocenters. The maximum atomic E-state index is 14.0. The molecule has 0 unspecified atom stereocenters. The van der Waals surface area contributed by atoms with Crippen LogP contribution >= 0.6 is 0 Å². The minimum atomic E-state index is -0.665. The molecule has 0 spiro atoms. The molecule has 4 aromatic rings. The van der Waals surface area contributed by atoms with E-state index in [4.69, 9.17) is 14.0 Å². The molecule has 5 rings (SSSR count). The third kappa shape index (κ3) is 3.20. The van der Waals surface area contributed by atoms with Gasteiger partial charge >= 0.3 is 0 Å². The lowest BCUT2D eigenvalue weighted by atomic mass is 10.1. The molecule has 1 aliphatic rings. The van der Waals surface area contributed by atoms with Crippen molar-refractivity contribution in [2.45, 2.75) is 19.3 Å². The van der Waals surface area contributed by atoms with Gasteiger partial charge in [0.1, 0.15) is 23.5 Å². The van der Waals surface area contributed by atoms with Crippen LogP contribution < -0.4 is 4.74 Å². The fourth-order valence-corrected chi connectivity index (χ4v) is 3.30. The second-order valence-corrected chi connectivity index (χ2v) is 6.69. The molecule has 3 heterocycles. The minimum absolute atomic E-state index is 0.120. The number of rotatable bonds is 4. The van der Waals surface area contributed by atoms with E-state index in [-0.39, 0.29) is 30.0 Å². The zero-order valence-electron chi connectivity index (χ0n) is 15.7. The highest BCUT2D eigenvalue weighted by Crippen LogP contribution is 2.31. The fraction of sp³-hybridized carbons (Fsp3) is 0.200. The van der Waals surface area contributed by atoms with Crippen molar-refractivity contribution in [3.8, 4) is 28.7 Å². The number of ether oxygens (including phenoxy) is 2.